The van der Waals surface area contributed by atoms with Crippen molar-refractivity contribution in [1.29, 1.82) is 0 Å². The van der Waals surface area contributed by atoms with Gasteiger partial charge in [-0.2, -0.15) is 16.5 Å². The number of sulfonamides is 1. The van der Waals surface area contributed by atoms with Crippen LogP contribution in [0.15, 0.2) is 72.3 Å². The summed E-state index contributed by atoms with van der Waals surface area (Å²) in [6.07, 6.45) is 5.43. The minimum Gasteiger partial charge on any atom is -0.323 e. The molecule has 30 heavy (non-hydrogen) atoms. The summed E-state index contributed by atoms with van der Waals surface area (Å²) in [5, 5.41) is 4.80. The maximum absolute atomic E-state index is 12.9. The van der Waals surface area contributed by atoms with Crippen LogP contribution in [-0.2, 0) is 14.8 Å². The van der Waals surface area contributed by atoms with Crippen LogP contribution in [-0.4, -0.2) is 37.4 Å². The number of hydrogen-bond donors (Lipinski definition) is 2. The fourth-order valence-electron chi connectivity index (χ4n) is 2.87. The highest BCUT2D eigenvalue weighted by Gasteiger charge is 2.23. The van der Waals surface area contributed by atoms with Gasteiger partial charge in [-0.05, 0) is 42.2 Å². The van der Waals surface area contributed by atoms with Crippen molar-refractivity contribution in [1.82, 2.24) is 9.71 Å². The molecule has 0 bridgehead atoms. The fraction of sp³-hybridized carbons (Fsp3) is 0.182. The fourth-order valence-corrected chi connectivity index (χ4v) is 4.38. The van der Waals surface area contributed by atoms with Crippen LogP contribution in [0.25, 0.3) is 17.0 Å². The molecule has 3 aromatic rings. The highest BCUT2D eigenvalue weighted by atomic mass is 32.2. The second kappa shape index (κ2) is 10.4. The molecular weight excluding hydrogens is 418 g/mol. The summed E-state index contributed by atoms with van der Waals surface area (Å²) in [5.41, 5.74) is 1.96. The number of aromatic nitrogens is 1. The topological polar surface area (TPSA) is 88.2 Å². The predicted molar refractivity (Wildman–Crippen MR) is 125 cm³/mol. The molecule has 2 N–H and O–H groups in total. The minimum atomic E-state index is -3.81. The number of hydrogen-bond acceptors (Lipinski definition) is 5. The van der Waals surface area contributed by atoms with Crippen molar-refractivity contribution < 1.29 is 13.2 Å². The third kappa shape index (κ3) is 6.16. The molecule has 1 unspecified atom stereocenters. The number of fused-ring (bicyclic) bond motifs is 1. The standard InChI is InChI=1S/C22H23N3O3S2/c1-29-15-12-20(25-30(27,28)16-13-17-7-3-2-4-8-17)22(26)24-19-11-5-9-18-10-6-14-23-21(18)19/h2-11,13-14,16,20,25H,12,15H2,1H3,(H,24,26). The molecule has 0 aliphatic carbocycles. The second-order valence-corrected chi connectivity index (χ2v) is 9.16. The van der Waals surface area contributed by atoms with Crippen molar-refractivity contribution in [2.45, 2.75) is 12.5 Å². The summed E-state index contributed by atoms with van der Waals surface area (Å²) >= 11 is 1.55. The Morgan fingerprint density at radius 3 is 2.63 bits per heavy atom. The molecule has 2 aromatic carbocycles. The van der Waals surface area contributed by atoms with E-state index in [0.717, 1.165) is 16.4 Å². The molecule has 0 fully saturated rings. The first-order valence-electron chi connectivity index (χ1n) is 9.37. The summed E-state index contributed by atoms with van der Waals surface area (Å²) in [7, 11) is -3.81. The van der Waals surface area contributed by atoms with E-state index in [1.807, 2.05) is 48.7 Å². The molecular formula is C22H23N3O3S2. The van der Waals surface area contributed by atoms with Crippen LogP contribution in [0, 0.1) is 0 Å². The molecule has 6 nitrogen and oxygen atoms in total. The zero-order valence-electron chi connectivity index (χ0n) is 16.5. The van der Waals surface area contributed by atoms with Crippen LogP contribution in [0.2, 0.25) is 0 Å². The summed E-state index contributed by atoms with van der Waals surface area (Å²) in [5.74, 6) is 0.218. The van der Waals surface area contributed by atoms with Gasteiger partial charge >= 0.3 is 0 Å². The van der Waals surface area contributed by atoms with Crippen molar-refractivity contribution in [3.05, 3.63) is 77.8 Å². The molecule has 8 heteroatoms. The molecule has 0 aliphatic heterocycles. The molecule has 1 amide bonds. The number of nitrogens with one attached hydrogen (secondary N) is 2. The molecule has 1 heterocycles. The van der Waals surface area contributed by atoms with Gasteiger partial charge in [-0.1, -0.05) is 48.5 Å². The van der Waals surface area contributed by atoms with E-state index >= 15 is 0 Å². The Morgan fingerprint density at radius 1 is 1.10 bits per heavy atom. The third-order valence-corrected chi connectivity index (χ3v) is 6.11. The van der Waals surface area contributed by atoms with Gasteiger partial charge in [0.2, 0.25) is 15.9 Å². The van der Waals surface area contributed by atoms with E-state index in [2.05, 4.69) is 15.0 Å². The Morgan fingerprint density at radius 2 is 1.87 bits per heavy atom. The van der Waals surface area contributed by atoms with E-state index < -0.39 is 22.0 Å². The quantitative estimate of drug-likeness (QED) is 0.526. The Labute approximate surface area is 180 Å². The Kier molecular flexibility index (Phi) is 7.62. The summed E-state index contributed by atoms with van der Waals surface area (Å²) in [6.45, 7) is 0. The normalized spacial score (nSPS) is 12.8. The molecule has 0 radical (unpaired) electrons. The zero-order chi connectivity index (χ0) is 21.4. The van der Waals surface area contributed by atoms with E-state index in [0.29, 0.717) is 23.4 Å². The van der Waals surface area contributed by atoms with Crippen molar-refractivity contribution in [3.8, 4) is 0 Å². The summed E-state index contributed by atoms with van der Waals surface area (Å²) in [6, 6.07) is 17.4. The van der Waals surface area contributed by atoms with Gasteiger partial charge in [-0.15, -0.1) is 0 Å². The lowest BCUT2D eigenvalue weighted by atomic mass is 10.1. The lowest BCUT2D eigenvalue weighted by Crippen LogP contribution is -2.43. The number of para-hydroxylation sites is 1. The second-order valence-electron chi connectivity index (χ2n) is 6.58. The average Bonchev–Trinajstić information content (AvgIpc) is 2.76. The van der Waals surface area contributed by atoms with Crippen molar-refractivity contribution in [2.75, 3.05) is 17.3 Å². The number of carbonyl (C=O) groups excluding carboxylic acids is 1. The van der Waals surface area contributed by atoms with Crippen LogP contribution in [0.1, 0.15) is 12.0 Å². The van der Waals surface area contributed by atoms with E-state index in [1.54, 1.807) is 36.2 Å². The van der Waals surface area contributed by atoms with E-state index in [9.17, 15) is 13.2 Å². The third-order valence-electron chi connectivity index (χ3n) is 4.36. The largest absolute Gasteiger partial charge is 0.323 e. The van der Waals surface area contributed by atoms with Crippen LogP contribution < -0.4 is 10.0 Å². The zero-order valence-corrected chi connectivity index (χ0v) is 18.1. The van der Waals surface area contributed by atoms with Gasteiger partial charge in [-0.3, -0.25) is 9.78 Å². The minimum absolute atomic E-state index is 0.365. The van der Waals surface area contributed by atoms with Crippen LogP contribution >= 0.6 is 11.8 Å². The van der Waals surface area contributed by atoms with Crippen LogP contribution in [0.4, 0.5) is 5.69 Å². The summed E-state index contributed by atoms with van der Waals surface area (Å²) < 4.78 is 27.6. The molecule has 3 rings (SSSR count). The number of thioether (sulfide) groups is 1. The molecule has 0 aliphatic rings. The number of nitrogens with zero attached hydrogens (tertiary/aromatic N) is 1. The number of anilines is 1. The SMILES string of the molecule is CSCCC(NS(=O)(=O)C=Cc1ccccc1)C(=O)Nc1cccc2cccnc12. The van der Waals surface area contributed by atoms with Crippen molar-refractivity contribution in [2.24, 2.45) is 0 Å². The Balaban J connectivity index is 1.77. The van der Waals surface area contributed by atoms with Crippen molar-refractivity contribution >= 4 is 50.4 Å². The molecule has 0 saturated heterocycles. The van der Waals surface area contributed by atoms with Gasteiger partial charge < -0.3 is 5.32 Å². The Bertz CT molecular complexity index is 1130. The van der Waals surface area contributed by atoms with E-state index in [4.69, 9.17) is 0 Å². The maximum atomic E-state index is 12.9. The average molecular weight is 442 g/mol. The molecule has 1 atom stereocenters. The molecule has 0 spiro atoms. The first-order chi connectivity index (χ1) is 14.5. The number of amides is 1. The molecule has 0 saturated carbocycles. The predicted octanol–water partition coefficient (Wildman–Crippen LogP) is 3.89. The maximum Gasteiger partial charge on any atom is 0.242 e. The van der Waals surface area contributed by atoms with Gasteiger partial charge in [-0.25, -0.2) is 8.42 Å². The molecule has 1 aromatic heterocycles. The number of benzene rings is 2. The number of carbonyl (C=O) groups is 1. The monoisotopic (exact) mass is 441 g/mol. The van der Waals surface area contributed by atoms with E-state index in [1.165, 1.54) is 6.08 Å². The molecule has 156 valence electrons. The van der Waals surface area contributed by atoms with Crippen molar-refractivity contribution in [3.63, 3.8) is 0 Å². The van der Waals surface area contributed by atoms with Gasteiger partial charge in [0, 0.05) is 17.0 Å². The number of pyridine rings is 1. The number of rotatable bonds is 9. The van der Waals surface area contributed by atoms with Gasteiger partial charge in [0.15, 0.2) is 0 Å². The van der Waals surface area contributed by atoms with E-state index in [-0.39, 0.29) is 0 Å². The highest BCUT2D eigenvalue weighted by Crippen LogP contribution is 2.21. The van der Waals surface area contributed by atoms with Gasteiger partial charge in [0.1, 0.15) is 6.04 Å². The first kappa shape index (κ1) is 22.0. The lowest BCUT2D eigenvalue weighted by Gasteiger charge is -2.17. The van der Waals surface area contributed by atoms with Gasteiger partial charge in [0.25, 0.3) is 0 Å². The highest BCUT2D eigenvalue weighted by molar-refractivity contribution is 7.98. The Hall–Kier alpha value is -2.68. The van der Waals surface area contributed by atoms with Crippen LogP contribution in [0.5, 0.6) is 0 Å². The lowest BCUT2D eigenvalue weighted by molar-refractivity contribution is -0.117. The first-order valence-corrected chi connectivity index (χ1v) is 12.3. The van der Waals surface area contributed by atoms with Gasteiger partial charge in [0.05, 0.1) is 11.2 Å². The summed E-state index contributed by atoms with van der Waals surface area (Å²) in [4.78, 5) is 17.2. The smallest absolute Gasteiger partial charge is 0.242 e. The van der Waals surface area contributed by atoms with Crippen LogP contribution in [0.3, 0.4) is 0 Å².